The van der Waals surface area contributed by atoms with E-state index in [1.165, 1.54) is 82.0 Å². The van der Waals surface area contributed by atoms with Crippen molar-refractivity contribution in [2.24, 2.45) is 0 Å². The summed E-state index contributed by atoms with van der Waals surface area (Å²) in [6.07, 6.45) is 11.3. The Hall–Kier alpha value is -0.0400. The maximum atomic E-state index is 2.38. The molecule has 0 N–H and O–H groups in total. The summed E-state index contributed by atoms with van der Waals surface area (Å²) >= 11 is 0. The maximum Gasteiger partial charge on any atom is 0.0786 e. The third-order valence-corrected chi connectivity index (χ3v) is 4.31. The topological polar surface area (TPSA) is 0 Å². The molecule has 0 saturated heterocycles. The van der Waals surface area contributed by atoms with Crippen molar-refractivity contribution in [2.75, 3.05) is 26.2 Å². The largest absolute Gasteiger partial charge is 0.324 e. The SMILES string of the molecule is CCCCCC[N+](CC)(CC)CCCCCC. The molecular formula is C16H36N+. The van der Waals surface area contributed by atoms with Gasteiger partial charge in [-0.1, -0.05) is 39.5 Å². The zero-order valence-corrected chi connectivity index (χ0v) is 12.9. The average Bonchev–Trinajstić information content (AvgIpc) is 2.37. The number of hydrogen-bond acceptors (Lipinski definition) is 0. The van der Waals surface area contributed by atoms with Crippen molar-refractivity contribution in [1.82, 2.24) is 0 Å². The predicted octanol–water partition coefficient (Wildman–Crippen LogP) is 5.00. The van der Waals surface area contributed by atoms with Crippen LogP contribution in [0.2, 0.25) is 0 Å². The van der Waals surface area contributed by atoms with Crippen LogP contribution in [0.1, 0.15) is 79.1 Å². The minimum Gasteiger partial charge on any atom is -0.324 e. The molecule has 0 bridgehead atoms. The van der Waals surface area contributed by atoms with E-state index in [1.54, 1.807) is 0 Å². The first-order valence-corrected chi connectivity index (χ1v) is 8.09. The summed E-state index contributed by atoms with van der Waals surface area (Å²) in [5.41, 5.74) is 0. The van der Waals surface area contributed by atoms with Crippen molar-refractivity contribution in [1.29, 1.82) is 0 Å². The molecule has 0 fully saturated rings. The lowest BCUT2D eigenvalue weighted by molar-refractivity contribution is -0.925. The summed E-state index contributed by atoms with van der Waals surface area (Å²) in [6, 6.07) is 0. The van der Waals surface area contributed by atoms with Gasteiger partial charge in [0, 0.05) is 0 Å². The Labute approximate surface area is 110 Å². The van der Waals surface area contributed by atoms with Crippen molar-refractivity contribution in [3.8, 4) is 0 Å². The van der Waals surface area contributed by atoms with Crippen LogP contribution >= 0.6 is 0 Å². The van der Waals surface area contributed by atoms with Crippen LogP contribution in [-0.2, 0) is 0 Å². The molecule has 0 spiro atoms. The molecule has 0 unspecified atom stereocenters. The standard InChI is InChI=1S/C16H36N/c1-5-9-11-13-15-17(7-3,8-4)16-14-12-10-6-2/h5-16H2,1-4H3/q+1. The Balaban J connectivity index is 3.88. The van der Waals surface area contributed by atoms with Gasteiger partial charge < -0.3 is 4.48 Å². The van der Waals surface area contributed by atoms with Crippen LogP contribution in [-0.4, -0.2) is 30.7 Å². The minimum absolute atomic E-state index is 1.33. The van der Waals surface area contributed by atoms with Crippen LogP contribution in [0.3, 0.4) is 0 Å². The van der Waals surface area contributed by atoms with E-state index in [4.69, 9.17) is 0 Å². The second kappa shape index (κ2) is 11.1. The van der Waals surface area contributed by atoms with Gasteiger partial charge in [-0.05, 0) is 39.5 Å². The normalized spacial score (nSPS) is 12.0. The molecule has 0 aromatic carbocycles. The van der Waals surface area contributed by atoms with Crippen molar-refractivity contribution in [2.45, 2.75) is 79.1 Å². The van der Waals surface area contributed by atoms with E-state index in [0.29, 0.717) is 0 Å². The predicted molar refractivity (Wildman–Crippen MR) is 79.4 cm³/mol. The Morgan fingerprint density at radius 3 is 1.24 bits per heavy atom. The highest BCUT2D eigenvalue weighted by molar-refractivity contribution is 4.47. The Morgan fingerprint density at radius 2 is 0.941 bits per heavy atom. The van der Waals surface area contributed by atoms with Gasteiger partial charge in [-0.3, -0.25) is 0 Å². The fourth-order valence-electron chi connectivity index (χ4n) is 2.72. The first-order valence-electron chi connectivity index (χ1n) is 8.09. The van der Waals surface area contributed by atoms with Crippen molar-refractivity contribution in [3.63, 3.8) is 0 Å². The summed E-state index contributed by atoms with van der Waals surface area (Å²) in [4.78, 5) is 0. The third kappa shape index (κ3) is 7.81. The van der Waals surface area contributed by atoms with Crippen LogP contribution in [0.25, 0.3) is 0 Å². The first-order chi connectivity index (χ1) is 8.24. The molecule has 1 nitrogen and oxygen atoms in total. The van der Waals surface area contributed by atoms with Gasteiger partial charge in [-0.25, -0.2) is 0 Å². The van der Waals surface area contributed by atoms with E-state index in [0.717, 1.165) is 0 Å². The van der Waals surface area contributed by atoms with E-state index in [1.807, 2.05) is 0 Å². The highest BCUT2D eigenvalue weighted by Gasteiger charge is 2.21. The zero-order valence-electron chi connectivity index (χ0n) is 12.9. The Kier molecular flexibility index (Phi) is 11.0. The molecule has 17 heavy (non-hydrogen) atoms. The van der Waals surface area contributed by atoms with Crippen LogP contribution in [0, 0.1) is 0 Å². The molecule has 0 aliphatic carbocycles. The molecule has 0 rings (SSSR count). The Bertz CT molecular complexity index is 136. The molecule has 1 heteroatoms. The fraction of sp³-hybridized carbons (Fsp3) is 1.00. The average molecular weight is 242 g/mol. The van der Waals surface area contributed by atoms with E-state index < -0.39 is 0 Å². The molecule has 0 aromatic rings. The van der Waals surface area contributed by atoms with E-state index in [9.17, 15) is 0 Å². The minimum atomic E-state index is 1.33. The second-order valence-electron chi connectivity index (χ2n) is 5.54. The van der Waals surface area contributed by atoms with Gasteiger partial charge in [0.15, 0.2) is 0 Å². The summed E-state index contributed by atoms with van der Waals surface area (Å²) in [6.45, 7) is 14.8. The molecule has 0 radical (unpaired) electrons. The fourth-order valence-corrected chi connectivity index (χ4v) is 2.72. The number of unbranched alkanes of at least 4 members (excludes halogenated alkanes) is 6. The lowest BCUT2D eigenvalue weighted by atomic mass is 10.1. The van der Waals surface area contributed by atoms with Crippen molar-refractivity contribution < 1.29 is 4.48 Å². The molecule has 0 amide bonds. The summed E-state index contributed by atoms with van der Waals surface area (Å²) in [5.74, 6) is 0. The van der Waals surface area contributed by atoms with E-state index >= 15 is 0 Å². The summed E-state index contributed by atoms with van der Waals surface area (Å²) < 4.78 is 1.37. The van der Waals surface area contributed by atoms with Crippen molar-refractivity contribution in [3.05, 3.63) is 0 Å². The molecule has 0 aromatic heterocycles. The van der Waals surface area contributed by atoms with Crippen molar-refractivity contribution >= 4 is 0 Å². The number of rotatable bonds is 12. The lowest BCUT2D eigenvalue weighted by Gasteiger charge is -2.37. The van der Waals surface area contributed by atoms with Crippen LogP contribution in [0.15, 0.2) is 0 Å². The third-order valence-electron chi connectivity index (χ3n) is 4.31. The molecule has 0 aliphatic rings. The summed E-state index contributed by atoms with van der Waals surface area (Å²) in [5, 5.41) is 0. The smallest absolute Gasteiger partial charge is 0.0786 e. The van der Waals surface area contributed by atoms with Gasteiger partial charge in [0.25, 0.3) is 0 Å². The molecular weight excluding hydrogens is 206 g/mol. The maximum absolute atomic E-state index is 2.38. The summed E-state index contributed by atoms with van der Waals surface area (Å²) in [7, 11) is 0. The zero-order chi connectivity index (χ0) is 13.0. The second-order valence-corrected chi connectivity index (χ2v) is 5.54. The van der Waals surface area contributed by atoms with Crippen LogP contribution < -0.4 is 0 Å². The van der Waals surface area contributed by atoms with Gasteiger partial charge in [0.2, 0.25) is 0 Å². The lowest BCUT2D eigenvalue weighted by Crippen LogP contribution is -2.49. The van der Waals surface area contributed by atoms with Gasteiger partial charge in [-0.2, -0.15) is 0 Å². The van der Waals surface area contributed by atoms with Crippen LogP contribution in [0.4, 0.5) is 0 Å². The van der Waals surface area contributed by atoms with Gasteiger partial charge in [0.05, 0.1) is 26.2 Å². The van der Waals surface area contributed by atoms with Gasteiger partial charge >= 0.3 is 0 Å². The highest BCUT2D eigenvalue weighted by atomic mass is 15.3. The van der Waals surface area contributed by atoms with Crippen LogP contribution in [0.5, 0.6) is 0 Å². The quantitative estimate of drug-likeness (QED) is 0.333. The first kappa shape index (κ1) is 17.0. The molecule has 0 heterocycles. The van der Waals surface area contributed by atoms with Gasteiger partial charge in [-0.15, -0.1) is 0 Å². The molecule has 104 valence electrons. The van der Waals surface area contributed by atoms with Gasteiger partial charge in [0.1, 0.15) is 0 Å². The highest BCUT2D eigenvalue weighted by Crippen LogP contribution is 2.14. The number of hydrogen-bond donors (Lipinski definition) is 0. The Morgan fingerprint density at radius 1 is 0.529 bits per heavy atom. The monoisotopic (exact) mass is 242 g/mol. The number of quaternary nitrogens is 1. The molecule has 0 aliphatic heterocycles. The van der Waals surface area contributed by atoms with E-state index in [2.05, 4.69) is 27.7 Å². The molecule has 0 atom stereocenters. The van der Waals surface area contributed by atoms with E-state index in [-0.39, 0.29) is 0 Å². The molecule has 0 saturated carbocycles. The number of nitrogens with zero attached hydrogens (tertiary/aromatic N) is 1.